The molecule has 8 heteroatoms. The summed E-state index contributed by atoms with van der Waals surface area (Å²) in [6.07, 6.45) is 2.53. The molecule has 0 bridgehead atoms. The summed E-state index contributed by atoms with van der Waals surface area (Å²) >= 11 is 0. The van der Waals surface area contributed by atoms with Gasteiger partial charge in [0.05, 0.1) is 31.9 Å². The molecule has 0 radical (unpaired) electrons. The molecule has 2 aromatic rings. The number of likely N-dealkylation sites (tertiary alicyclic amines) is 1. The van der Waals surface area contributed by atoms with Crippen LogP contribution in [0.1, 0.15) is 60.4 Å². The zero-order valence-corrected chi connectivity index (χ0v) is 18.6. The number of hydrogen-bond acceptors (Lipinski definition) is 5. The highest BCUT2D eigenvalue weighted by molar-refractivity contribution is 5.94. The minimum atomic E-state index is -0.398. The molecule has 1 unspecified atom stereocenters. The van der Waals surface area contributed by atoms with Gasteiger partial charge in [-0.2, -0.15) is 0 Å². The highest BCUT2D eigenvalue weighted by atomic mass is 16.5. The van der Waals surface area contributed by atoms with E-state index in [4.69, 9.17) is 4.74 Å². The maximum Gasteiger partial charge on any atom is 0.251 e. The fourth-order valence-electron chi connectivity index (χ4n) is 4.56. The van der Waals surface area contributed by atoms with Gasteiger partial charge in [0.1, 0.15) is 11.3 Å². The number of hydrogen-bond donors (Lipinski definition) is 1. The Morgan fingerprint density at radius 1 is 1.26 bits per heavy atom. The minimum absolute atomic E-state index is 0.0873. The van der Waals surface area contributed by atoms with E-state index in [9.17, 15) is 9.59 Å². The second-order valence-electron chi connectivity index (χ2n) is 8.69. The molecule has 0 saturated carbocycles. The molecule has 1 spiro atoms. The monoisotopic (exact) mass is 425 g/mol. The second-order valence-corrected chi connectivity index (χ2v) is 8.69. The number of amides is 2. The average Bonchev–Trinajstić information content (AvgIpc) is 3.37. The molecule has 1 aromatic heterocycles. The first-order valence-corrected chi connectivity index (χ1v) is 11.1. The summed E-state index contributed by atoms with van der Waals surface area (Å²) in [6, 6.07) is 7.49. The van der Waals surface area contributed by atoms with Crippen LogP contribution >= 0.6 is 0 Å². The van der Waals surface area contributed by atoms with Gasteiger partial charge in [-0.05, 0) is 38.3 Å². The van der Waals surface area contributed by atoms with E-state index in [2.05, 4.69) is 29.5 Å². The molecule has 31 heavy (non-hydrogen) atoms. The first-order chi connectivity index (χ1) is 14.9. The van der Waals surface area contributed by atoms with Crippen molar-refractivity contribution in [2.45, 2.75) is 65.3 Å². The molecule has 2 aliphatic rings. The van der Waals surface area contributed by atoms with E-state index in [1.54, 1.807) is 6.07 Å². The maximum atomic E-state index is 12.8. The lowest BCUT2D eigenvalue weighted by atomic mass is 10.0. The average molecular weight is 426 g/mol. The van der Waals surface area contributed by atoms with E-state index >= 15 is 0 Å². The van der Waals surface area contributed by atoms with Crippen molar-refractivity contribution >= 4 is 11.8 Å². The summed E-state index contributed by atoms with van der Waals surface area (Å²) in [5.74, 6) is 0.184. The summed E-state index contributed by atoms with van der Waals surface area (Å²) in [4.78, 5) is 27.1. The van der Waals surface area contributed by atoms with Gasteiger partial charge in [-0.1, -0.05) is 36.8 Å². The van der Waals surface area contributed by atoms with Crippen LogP contribution in [0.2, 0.25) is 0 Å². The van der Waals surface area contributed by atoms with Crippen LogP contribution in [-0.4, -0.2) is 50.4 Å². The van der Waals surface area contributed by atoms with Gasteiger partial charge in [0.15, 0.2) is 0 Å². The number of aryl methyl sites for hydroxylation is 1. The normalized spacial score (nSPS) is 20.3. The van der Waals surface area contributed by atoms with E-state index in [0.29, 0.717) is 31.8 Å². The Labute approximate surface area is 182 Å². The van der Waals surface area contributed by atoms with Crippen LogP contribution in [0.15, 0.2) is 24.3 Å². The van der Waals surface area contributed by atoms with Gasteiger partial charge in [0.25, 0.3) is 5.91 Å². The van der Waals surface area contributed by atoms with Crippen molar-refractivity contribution in [3.05, 3.63) is 46.8 Å². The SMILES string of the molecule is CCC(CC)C(=O)N1CCC2(C1)Cn1nnc(CNC(=O)c3cccc(C)c3)c1CO2. The Bertz CT molecular complexity index is 968. The smallest absolute Gasteiger partial charge is 0.251 e. The highest BCUT2D eigenvalue weighted by Gasteiger charge is 2.45. The number of benzene rings is 1. The van der Waals surface area contributed by atoms with E-state index in [1.165, 1.54) is 0 Å². The quantitative estimate of drug-likeness (QED) is 0.768. The van der Waals surface area contributed by atoms with Crippen molar-refractivity contribution < 1.29 is 14.3 Å². The first kappa shape index (κ1) is 21.5. The van der Waals surface area contributed by atoms with Gasteiger partial charge in [0.2, 0.25) is 5.91 Å². The minimum Gasteiger partial charge on any atom is -0.365 e. The zero-order valence-electron chi connectivity index (χ0n) is 18.6. The van der Waals surface area contributed by atoms with Crippen LogP contribution in [0.3, 0.4) is 0 Å². The van der Waals surface area contributed by atoms with Gasteiger partial charge in [-0.3, -0.25) is 9.59 Å². The Morgan fingerprint density at radius 2 is 2.06 bits per heavy atom. The lowest BCUT2D eigenvalue weighted by Gasteiger charge is -2.34. The van der Waals surface area contributed by atoms with E-state index in [-0.39, 0.29) is 17.7 Å². The third kappa shape index (κ3) is 4.35. The van der Waals surface area contributed by atoms with Gasteiger partial charge in [0, 0.05) is 18.0 Å². The van der Waals surface area contributed by atoms with Crippen molar-refractivity contribution in [3.63, 3.8) is 0 Å². The van der Waals surface area contributed by atoms with Crippen molar-refractivity contribution in [1.82, 2.24) is 25.2 Å². The van der Waals surface area contributed by atoms with Crippen molar-refractivity contribution in [2.75, 3.05) is 13.1 Å². The topological polar surface area (TPSA) is 89.4 Å². The van der Waals surface area contributed by atoms with Crippen LogP contribution in [0.25, 0.3) is 0 Å². The van der Waals surface area contributed by atoms with Crippen LogP contribution in [0, 0.1) is 12.8 Å². The van der Waals surface area contributed by atoms with Crippen LogP contribution in [0.5, 0.6) is 0 Å². The number of rotatable bonds is 6. The lowest BCUT2D eigenvalue weighted by molar-refractivity contribution is -0.137. The van der Waals surface area contributed by atoms with E-state index in [1.807, 2.05) is 34.7 Å². The molecule has 8 nitrogen and oxygen atoms in total. The molecule has 1 saturated heterocycles. The van der Waals surface area contributed by atoms with Crippen LogP contribution in [0.4, 0.5) is 0 Å². The molecule has 1 atom stereocenters. The van der Waals surface area contributed by atoms with Gasteiger partial charge in [-0.15, -0.1) is 5.10 Å². The highest BCUT2D eigenvalue weighted by Crippen LogP contribution is 2.33. The molecule has 2 amide bonds. The number of aromatic nitrogens is 3. The van der Waals surface area contributed by atoms with Gasteiger partial charge in [-0.25, -0.2) is 4.68 Å². The number of nitrogens with zero attached hydrogens (tertiary/aromatic N) is 4. The van der Waals surface area contributed by atoms with Crippen molar-refractivity contribution in [2.24, 2.45) is 5.92 Å². The van der Waals surface area contributed by atoms with E-state index < -0.39 is 5.60 Å². The standard InChI is InChI=1S/C23H31N5O3/c1-4-17(5-2)22(30)27-10-9-23(14-27)15-28-20(13-31-23)19(25-26-28)12-24-21(29)18-8-6-7-16(3)11-18/h6-8,11,17H,4-5,9-10,12-15H2,1-3H3,(H,24,29). The Hall–Kier alpha value is -2.74. The molecule has 1 aromatic carbocycles. The molecule has 1 fully saturated rings. The number of nitrogens with one attached hydrogen (secondary N) is 1. The summed E-state index contributed by atoms with van der Waals surface area (Å²) in [5.41, 5.74) is 2.88. The Kier molecular flexibility index (Phi) is 6.09. The van der Waals surface area contributed by atoms with Crippen molar-refractivity contribution in [1.29, 1.82) is 0 Å². The summed E-state index contributed by atoms with van der Waals surface area (Å²) in [5, 5.41) is 11.5. The predicted molar refractivity (Wildman–Crippen MR) is 115 cm³/mol. The lowest BCUT2D eigenvalue weighted by Crippen LogP contribution is -2.46. The number of carbonyl (C=O) groups is 2. The number of ether oxygens (including phenoxy) is 1. The molecule has 3 heterocycles. The predicted octanol–water partition coefficient (Wildman–Crippen LogP) is 2.45. The summed E-state index contributed by atoms with van der Waals surface area (Å²) in [7, 11) is 0. The number of fused-ring (bicyclic) bond motifs is 1. The zero-order chi connectivity index (χ0) is 22.0. The molecule has 2 aliphatic heterocycles. The third-order valence-electron chi connectivity index (χ3n) is 6.53. The van der Waals surface area contributed by atoms with E-state index in [0.717, 1.165) is 42.8 Å². The largest absolute Gasteiger partial charge is 0.365 e. The number of carbonyl (C=O) groups excluding carboxylic acids is 2. The van der Waals surface area contributed by atoms with Crippen LogP contribution in [-0.2, 0) is 29.2 Å². The summed E-state index contributed by atoms with van der Waals surface area (Å²) < 4.78 is 8.16. The van der Waals surface area contributed by atoms with Gasteiger partial charge < -0.3 is 15.0 Å². The van der Waals surface area contributed by atoms with Gasteiger partial charge >= 0.3 is 0 Å². The second kappa shape index (κ2) is 8.78. The maximum absolute atomic E-state index is 12.8. The molecular formula is C23H31N5O3. The molecule has 166 valence electrons. The molecule has 1 N–H and O–H groups in total. The first-order valence-electron chi connectivity index (χ1n) is 11.1. The van der Waals surface area contributed by atoms with Crippen LogP contribution < -0.4 is 5.32 Å². The summed E-state index contributed by atoms with van der Waals surface area (Å²) in [6.45, 7) is 8.68. The molecule has 4 rings (SSSR count). The Morgan fingerprint density at radius 3 is 2.81 bits per heavy atom. The fraction of sp³-hybridized carbons (Fsp3) is 0.565. The molecule has 0 aliphatic carbocycles. The van der Waals surface area contributed by atoms with Crippen molar-refractivity contribution in [3.8, 4) is 0 Å². The third-order valence-corrected chi connectivity index (χ3v) is 6.53. The molecular weight excluding hydrogens is 394 g/mol. The fourth-order valence-corrected chi connectivity index (χ4v) is 4.56. The Balaban J connectivity index is 1.38.